The molecule has 1 unspecified atom stereocenters. The minimum Gasteiger partial charge on any atom is -0.387 e. The molecule has 2 fully saturated rings. The second kappa shape index (κ2) is 9.08. The molecule has 0 aliphatic carbocycles. The minimum absolute atomic E-state index is 0.191. The predicted octanol–water partition coefficient (Wildman–Crippen LogP) is 1.83. The zero-order valence-electron chi connectivity index (χ0n) is 15.0. The Hall–Kier alpha value is -1.28. The first-order chi connectivity index (χ1) is 12.6. The Bertz CT molecular complexity index is 587. The molecule has 1 aromatic rings. The van der Waals surface area contributed by atoms with Crippen molar-refractivity contribution in [2.24, 2.45) is 0 Å². The van der Waals surface area contributed by atoms with E-state index in [1.54, 1.807) is 0 Å². The van der Waals surface area contributed by atoms with E-state index in [0.717, 1.165) is 36.8 Å². The molecule has 2 heterocycles. The zero-order chi connectivity index (χ0) is 18.5. The van der Waals surface area contributed by atoms with Gasteiger partial charge in [-0.25, -0.2) is 0 Å². The van der Waals surface area contributed by atoms with Gasteiger partial charge >= 0.3 is 0 Å². The lowest BCUT2D eigenvalue weighted by Gasteiger charge is -2.45. The molecule has 6 nitrogen and oxygen atoms in total. The number of aliphatic hydroxyl groups excluding tert-OH is 3. The molecule has 6 atom stereocenters. The van der Waals surface area contributed by atoms with Crippen molar-refractivity contribution in [3.8, 4) is 0 Å². The number of fused-ring (bicyclic) bond motifs is 1. The number of hydrogen-bond acceptors (Lipinski definition) is 6. The van der Waals surface area contributed by atoms with Crippen molar-refractivity contribution in [3.63, 3.8) is 0 Å². The highest BCUT2D eigenvalue weighted by molar-refractivity contribution is 5.53. The van der Waals surface area contributed by atoms with Crippen molar-refractivity contribution < 1.29 is 29.5 Å². The van der Waals surface area contributed by atoms with E-state index in [0.29, 0.717) is 0 Å². The standard InChI is InChI=1S/C20H28O6/c1-2-3-5-10-14(11-13-8-6-4-7-9-13)20-24-12-15-18(26-20)16(21)17(22)19(23)25-15/h4,6-9,11,15-23H,2-3,5,10,12H2,1H3/t15-,16-,17-,18-,19-,20?/m1/s1. The Labute approximate surface area is 154 Å². The van der Waals surface area contributed by atoms with Gasteiger partial charge in [0.05, 0.1) is 6.61 Å². The highest BCUT2D eigenvalue weighted by atomic mass is 16.7. The van der Waals surface area contributed by atoms with Gasteiger partial charge in [0, 0.05) is 0 Å². The van der Waals surface area contributed by atoms with Crippen LogP contribution >= 0.6 is 0 Å². The summed E-state index contributed by atoms with van der Waals surface area (Å²) in [6.07, 6.45) is 0.148. The molecular weight excluding hydrogens is 336 g/mol. The van der Waals surface area contributed by atoms with Gasteiger partial charge in [0.25, 0.3) is 0 Å². The molecular formula is C20H28O6. The van der Waals surface area contributed by atoms with Crippen LogP contribution < -0.4 is 0 Å². The summed E-state index contributed by atoms with van der Waals surface area (Å²) in [7, 11) is 0. The zero-order valence-corrected chi connectivity index (χ0v) is 15.0. The summed E-state index contributed by atoms with van der Waals surface area (Å²) in [5.41, 5.74) is 2.06. The van der Waals surface area contributed by atoms with Crippen LogP contribution in [-0.2, 0) is 14.2 Å². The van der Waals surface area contributed by atoms with Crippen molar-refractivity contribution in [1.29, 1.82) is 0 Å². The van der Waals surface area contributed by atoms with Gasteiger partial charge in [0.2, 0.25) is 0 Å². The molecule has 26 heavy (non-hydrogen) atoms. The maximum absolute atomic E-state index is 10.3. The Morgan fingerprint density at radius 2 is 1.85 bits per heavy atom. The van der Waals surface area contributed by atoms with Crippen LogP contribution in [-0.4, -0.2) is 58.9 Å². The minimum atomic E-state index is -1.43. The van der Waals surface area contributed by atoms with Crippen molar-refractivity contribution in [2.45, 2.75) is 69.6 Å². The van der Waals surface area contributed by atoms with E-state index in [1.165, 1.54) is 0 Å². The van der Waals surface area contributed by atoms with Crippen LogP contribution in [0.25, 0.3) is 6.08 Å². The summed E-state index contributed by atoms with van der Waals surface area (Å²) in [6, 6.07) is 9.96. The fourth-order valence-corrected chi connectivity index (χ4v) is 3.38. The number of aliphatic hydroxyl groups is 3. The third-order valence-corrected chi connectivity index (χ3v) is 4.88. The maximum Gasteiger partial charge on any atom is 0.184 e. The third-order valence-electron chi connectivity index (χ3n) is 4.88. The molecule has 0 spiro atoms. The molecule has 144 valence electrons. The monoisotopic (exact) mass is 364 g/mol. The van der Waals surface area contributed by atoms with Crippen LogP contribution in [0.15, 0.2) is 35.9 Å². The number of hydrogen-bond donors (Lipinski definition) is 3. The third kappa shape index (κ3) is 4.52. The molecule has 3 rings (SSSR count). The largest absolute Gasteiger partial charge is 0.387 e. The summed E-state index contributed by atoms with van der Waals surface area (Å²) in [6.45, 7) is 2.34. The second-order valence-electron chi connectivity index (χ2n) is 6.90. The fourth-order valence-electron chi connectivity index (χ4n) is 3.38. The quantitative estimate of drug-likeness (QED) is 0.668. The molecule has 2 aliphatic rings. The van der Waals surface area contributed by atoms with Crippen LogP contribution in [0.4, 0.5) is 0 Å². The first-order valence-electron chi connectivity index (χ1n) is 9.32. The molecule has 6 heteroatoms. The summed E-state index contributed by atoms with van der Waals surface area (Å²) in [5, 5.41) is 29.8. The number of rotatable bonds is 6. The van der Waals surface area contributed by atoms with Gasteiger partial charge in [-0.1, -0.05) is 56.2 Å². The molecule has 0 amide bonds. The van der Waals surface area contributed by atoms with E-state index < -0.39 is 37.0 Å². The van der Waals surface area contributed by atoms with E-state index in [9.17, 15) is 15.3 Å². The summed E-state index contributed by atoms with van der Waals surface area (Å²) in [5.74, 6) is 0. The normalized spacial score (nSPS) is 35.2. The average Bonchev–Trinajstić information content (AvgIpc) is 2.66. The van der Waals surface area contributed by atoms with Crippen molar-refractivity contribution in [3.05, 3.63) is 41.5 Å². The summed E-state index contributed by atoms with van der Waals surface area (Å²) in [4.78, 5) is 0. The van der Waals surface area contributed by atoms with Gasteiger partial charge in [-0.15, -0.1) is 0 Å². The van der Waals surface area contributed by atoms with Gasteiger partial charge in [-0.3, -0.25) is 0 Å². The summed E-state index contributed by atoms with van der Waals surface area (Å²) < 4.78 is 17.1. The highest BCUT2D eigenvalue weighted by Gasteiger charge is 2.48. The van der Waals surface area contributed by atoms with Gasteiger partial charge in [-0.2, -0.15) is 0 Å². The molecule has 1 aromatic carbocycles. The summed E-state index contributed by atoms with van der Waals surface area (Å²) >= 11 is 0. The van der Waals surface area contributed by atoms with Gasteiger partial charge in [0.15, 0.2) is 12.6 Å². The molecule has 0 radical (unpaired) electrons. The second-order valence-corrected chi connectivity index (χ2v) is 6.90. The highest BCUT2D eigenvalue weighted by Crippen LogP contribution is 2.31. The van der Waals surface area contributed by atoms with Gasteiger partial charge < -0.3 is 29.5 Å². The predicted molar refractivity (Wildman–Crippen MR) is 96.1 cm³/mol. The Kier molecular flexibility index (Phi) is 6.80. The van der Waals surface area contributed by atoms with Gasteiger partial charge in [-0.05, 0) is 24.0 Å². The van der Waals surface area contributed by atoms with E-state index in [-0.39, 0.29) is 6.61 Å². The lowest BCUT2D eigenvalue weighted by atomic mass is 9.97. The Morgan fingerprint density at radius 1 is 1.08 bits per heavy atom. The molecule has 3 N–H and O–H groups in total. The Morgan fingerprint density at radius 3 is 2.58 bits per heavy atom. The van der Waals surface area contributed by atoms with E-state index in [2.05, 4.69) is 13.0 Å². The maximum atomic E-state index is 10.3. The lowest BCUT2D eigenvalue weighted by molar-refractivity contribution is -0.345. The van der Waals surface area contributed by atoms with Crippen LogP contribution in [0.5, 0.6) is 0 Å². The van der Waals surface area contributed by atoms with Crippen LogP contribution in [0.1, 0.15) is 38.2 Å². The Balaban J connectivity index is 1.75. The van der Waals surface area contributed by atoms with Crippen LogP contribution in [0, 0.1) is 0 Å². The van der Waals surface area contributed by atoms with E-state index >= 15 is 0 Å². The molecule has 0 aromatic heterocycles. The van der Waals surface area contributed by atoms with Gasteiger partial charge in [0.1, 0.15) is 24.4 Å². The molecule has 2 aliphatic heterocycles. The molecule has 0 saturated carbocycles. The SMILES string of the molecule is CCCCCC(=Cc1ccccc1)C1OC[C@H]2O[C@@H](O)[C@H](O)[C@@H](O)[C@@H]2O1. The number of ether oxygens (including phenoxy) is 3. The van der Waals surface area contributed by atoms with Crippen molar-refractivity contribution in [1.82, 2.24) is 0 Å². The molecule has 2 saturated heterocycles. The number of benzene rings is 1. The number of unbranched alkanes of at least 4 members (excludes halogenated alkanes) is 2. The van der Waals surface area contributed by atoms with Crippen molar-refractivity contribution in [2.75, 3.05) is 6.61 Å². The lowest BCUT2D eigenvalue weighted by Crippen LogP contribution is -2.62. The van der Waals surface area contributed by atoms with Crippen LogP contribution in [0.3, 0.4) is 0 Å². The first-order valence-corrected chi connectivity index (χ1v) is 9.32. The van der Waals surface area contributed by atoms with Crippen molar-refractivity contribution >= 4 is 6.08 Å². The fraction of sp³-hybridized carbons (Fsp3) is 0.600. The molecule has 0 bridgehead atoms. The van der Waals surface area contributed by atoms with Crippen LogP contribution in [0.2, 0.25) is 0 Å². The van der Waals surface area contributed by atoms with E-state index in [1.807, 2.05) is 30.3 Å². The van der Waals surface area contributed by atoms with E-state index in [4.69, 9.17) is 14.2 Å². The topological polar surface area (TPSA) is 88.4 Å². The smallest absolute Gasteiger partial charge is 0.184 e. The first kappa shape index (κ1) is 19.5. The average molecular weight is 364 g/mol.